The molecule has 7 nitrogen and oxygen atoms in total. The van der Waals surface area contributed by atoms with E-state index in [1.807, 2.05) is 6.07 Å². The lowest BCUT2D eigenvalue weighted by Crippen LogP contribution is -2.47. The average Bonchev–Trinajstić information content (AvgIpc) is 3.39. The fourth-order valence-electron chi connectivity index (χ4n) is 5.12. The summed E-state index contributed by atoms with van der Waals surface area (Å²) in [5, 5.41) is 4.68. The van der Waals surface area contributed by atoms with Crippen molar-refractivity contribution in [3.05, 3.63) is 23.8 Å². The first-order valence-corrected chi connectivity index (χ1v) is 11.6. The summed E-state index contributed by atoms with van der Waals surface area (Å²) in [6.07, 6.45) is 3.50. The fourth-order valence-corrected chi connectivity index (χ4v) is 5.12. The van der Waals surface area contributed by atoms with E-state index in [1.54, 1.807) is 5.06 Å². The van der Waals surface area contributed by atoms with Gasteiger partial charge in [0, 0.05) is 62.7 Å². The number of rotatable bonds is 5. The van der Waals surface area contributed by atoms with Crippen LogP contribution in [0.15, 0.2) is 18.2 Å². The van der Waals surface area contributed by atoms with Crippen LogP contribution in [0.5, 0.6) is 0 Å². The topological polar surface area (TPSA) is 51.3 Å². The molecule has 1 N–H and O–H groups in total. The maximum Gasteiger partial charge on any atom is 0.430 e. The van der Waals surface area contributed by atoms with E-state index in [2.05, 4.69) is 52.9 Å². The summed E-state index contributed by atoms with van der Waals surface area (Å²) in [5.74, 6) is 0. The quantitative estimate of drug-likeness (QED) is 0.797. The van der Waals surface area contributed by atoms with E-state index in [0.29, 0.717) is 6.04 Å². The zero-order valence-electron chi connectivity index (χ0n) is 18.8. The maximum absolute atomic E-state index is 12.3. The third kappa shape index (κ3) is 4.90. The third-order valence-electron chi connectivity index (χ3n) is 7.04. The second-order valence-corrected chi connectivity index (χ2v) is 8.98. The Kier molecular flexibility index (Phi) is 6.80. The van der Waals surface area contributed by atoms with E-state index >= 15 is 0 Å². The number of nitrogens with zero attached hydrogens (tertiary/aromatic N) is 4. The van der Waals surface area contributed by atoms with Crippen molar-refractivity contribution in [1.29, 1.82) is 0 Å². The van der Waals surface area contributed by atoms with Gasteiger partial charge in [-0.3, -0.25) is 10.2 Å². The van der Waals surface area contributed by atoms with Crippen LogP contribution in [-0.2, 0) is 4.84 Å². The summed E-state index contributed by atoms with van der Waals surface area (Å²) < 4.78 is 0. The molecular weight excluding hydrogens is 378 g/mol. The number of hydroxylamine groups is 2. The molecular formula is C23H37N5O2. The molecule has 0 spiro atoms. The monoisotopic (exact) mass is 415 g/mol. The molecule has 1 amide bonds. The van der Waals surface area contributed by atoms with Gasteiger partial charge >= 0.3 is 6.09 Å². The van der Waals surface area contributed by atoms with Crippen molar-refractivity contribution < 1.29 is 9.63 Å². The van der Waals surface area contributed by atoms with Crippen LogP contribution in [0.25, 0.3) is 0 Å². The Balaban J connectivity index is 1.29. The number of likely N-dealkylation sites (tertiary alicyclic amines) is 1. The molecule has 0 aliphatic carbocycles. The van der Waals surface area contributed by atoms with E-state index in [-0.39, 0.29) is 0 Å². The average molecular weight is 416 g/mol. The Bertz CT molecular complexity index is 734. The lowest BCUT2D eigenvalue weighted by molar-refractivity contribution is -0.117. The van der Waals surface area contributed by atoms with Gasteiger partial charge in [0.1, 0.15) is 0 Å². The second-order valence-electron chi connectivity index (χ2n) is 8.98. The highest BCUT2D eigenvalue weighted by Gasteiger charge is 2.33. The van der Waals surface area contributed by atoms with E-state index < -0.39 is 6.09 Å². The van der Waals surface area contributed by atoms with Crippen LogP contribution in [0.3, 0.4) is 0 Å². The van der Waals surface area contributed by atoms with Gasteiger partial charge in [-0.25, -0.2) is 4.79 Å². The Labute approximate surface area is 180 Å². The second kappa shape index (κ2) is 9.54. The molecule has 3 aliphatic rings. The summed E-state index contributed by atoms with van der Waals surface area (Å²) in [4.78, 5) is 25.4. The van der Waals surface area contributed by atoms with Crippen LogP contribution in [0.4, 0.5) is 16.2 Å². The predicted octanol–water partition coefficient (Wildman–Crippen LogP) is 3.16. The first-order chi connectivity index (χ1) is 14.5. The zero-order chi connectivity index (χ0) is 21.1. The van der Waals surface area contributed by atoms with E-state index in [1.165, 1.54) is 31.5 Å². The molecule has 30 heavy (non-hydrogen) atoms. The Morgan fingerprint density at radius 3 is 2.60 bits per heavy atom. The van der Waals surface area contributed by atoms with Crippen LogP contribution >= 0.6 is 0 Å². The third-order valence-corrected chi connectivity index (χ3v) is 7.04. The highest BCUT2D eigenvalue weighted by atomic mass is 16.7. The van der Waals surface area contributed by atoms with Crippen molar-refractivity contribution in [3.63, 3.8) is 0 Å². The van der Waals surface area contributed by atoms with Gasteiger partial charge in [0.25, 0.3) is 0 Å². The molecule has 4 rings (SSSR count). The van der Waals surface area contributed by atoms with Crippen LogP contribution in [0, 0.1) is 6.92 Å². The Morgan fingerprint density at radius 2 is 1.93 bits per heavy atom. The minimum atomic E-state index is -0.403. The molecule has 1 aromatic carbocycles. The number of amides is 1. The molecule has 1 aromatic rings. The van der Waals surface area contributed by atoms with E-state index in [0.717, 1.165) is 63.1 Å². The van der Waals surface area contributed by atoms with Gasteiger partial charge in [-0.15, -0.1) is 5.06 Å². The number of nitrogens with one attached hydrogen (secondary N) is 1. The van der Waals surface area contributed by atoms with Crippen LogP contribution in [-0.4, -0.2) is 85.4 Å². The molecule has 166 valence electrons. The van der Waals surface area contributed by atoms with Gasteiger partial charge in [-0.1, -0.05) is 6.92 Å². The number of piperazine rings is 1. The molecule has 3 aliphatic heterocycles. The molecule has 7 heteroatoms. The van der Waals surface area contributed by atoms with Crippen LogP contribution in [0.2, 0.25) is 0 Å². The first kappa shape index (κ1) is 21.4. The summed E-state index contributed by atoms with van der Waals surface area (Å²) in [6, 6.07) is 7.71. The highest BCUT2D eigenvalue weighted by Crippen LogP contribution is 2.30. The lowest BCUT2D eigenvalue weighted by Gasteiger charge is -2.32. The fraction of sp³-hybridized carbons (Fsp3) is 0.696. The number of hydrogen-bond donors (Lipinski definition) is 1. The lowest BCUT2D eigenvalue weighted by atomic mass is 10.1. The molecule has 0 unspecified atom stereocenters. The Hall–Kier alpha value is -1.83. The van der Waals surface area contributed by atoms with Crippen LogP contribution < -0.4 is 10.2 Å². The van der Waals surface area contributed by atoms with Gasteiger partial charge in [0.15, 0.2) is 0 Å². The molecule has 0 radical (unpaired) electrons. The maximum atomic E-state index is 12.3. The minimum absolute atomic E-state index is 0.403. The van der Waals surface area contributed by atoms with E-state index in [4.69, 9.17) is 4.84 Å². The number of carbonyl (C=O) groups excluding carboxylic acids is 1. The van der Waals surface area contributed by atoms with Crippen molar-refractivity contribution in [3.8, 4) is 0 Å². The number of aryl methyl sites for hydroxylation is 1. The van der Waals surface area contributed by atoms with E-state index in [9.17, 15) is 4.79 Å². The number of hydrogen-bond acceptors (Lipinski definition) is 6. The van der Waals surface area contributed by atoms with Gasteiger partial charge in [-0.05, 0) is 70.0 Å². The molecule has 0 aromatic heterocycles. The van der Waals surface area contributed by atoms with Gasteiger partial charge in [0.2, 0.25) is 0 Å². The molecule has 0 bridgehead atoms. The molecule has 3 fully saturated rings. The number of anilines is 2. The minimum Gasteiger partial charge on any atom is -0.370 e. The first-order valence-electron chi connectivity index (χ1n) is 11.6. The summed E-state index contributed by atoms with van der Waals surface area (Å²) in [5.41, 5.74) is 3.13. The molecule has 3 heterocycles. The van der Waals surface area contributed by atoms with Gasteiger partial charge in [-0.2, -0.15) is 0 Å². The molecule has 0 saturated carbocycles. The standard InChI is InChI=1S/C23H37N5O2/c1-4-25-12-14-27(15-13-25)30-23(29)24-22-8-7-20(16-18(22)2)26-11-9-21(17-26)28-10-5-6-19(28)3/h7-8,16,19,21H,4-6,9-15,17H2,1-3H3,(H,24,29)/t19-,21+/m0/s1. The van der Waals surface area contributed by atoms with Crippen molar-refractivity contribution in [2.45, 2.75) is 52.1 Å². The number of benzene rings is 1. The van der Waals surface area contributed by atoms with Crippen molar-refractivity contribution in [2.75, 3.05) is 62.6 Å². The summed E-state index contributed by atoms with van der Waals surface area (Å²) in [6.45, 7) is 14.4. The van der Waals surface area contributed by atoms with Crippen molar-refractivity contribution in [2.24, 2.45) is 0 Å². The SMILES string of the molecule is CCN1CCN(OC(=O)Nc2ccc(N3CC[C@@H](N4CCC[C@@H]4C)C3)cc2C)CC1. The van der Waals surface area contributed by atoms with Crippen molar-refractivity contribution in [1.82, 2.24) is 14.9 Å². The summed E-state index contributed by atoms with van der Waals surface area (Å²) in [7, 11) is 0. The van der Waals surface area contributed by atoms with Crippen molar-refractivity contribution >= 4 is 17.5 Å². The van der Waals surface area contributed by atoms with Gasteiger partial charge in [0.05, 0.1) is 0 Å². The van der Waals surface area contributed by atoms with Crippen LogP contribution in [0.1, 0.15) is 38.7 Å². The number of likely N-dealkylation sites (N-methyl/N-ethyl adjacent to an activating group) is 1. The summed E-state index contributed by atoms with van der Waals surface area (Å²) >= 11 is 0. The molecule has 3 saturated heterocycles. The number of carbonyl (C=O) groups is 1. The predicted molar refractivity (Wildman–Crippen MR) is 121 cm³/mol. The smallest absolute Gasteiger partial charge is 0.370 e. The Morgan fingerprint density at radius 1 is 1.13 bits per heavy atom. The molecule has 2 atom stereocenters. The zero-order valence-corrected chi connectivity index (χ0v) is 18.8. The largest absolute Gasteiger partial charge is 0.430 e. The van der Waals surface area contributed by atoms with Gasteiger partial charge < -0.3 is 14.6 Å². The normalized spacial score (nSPS) is 26.3. The highest BCUT2D eigenvalue weighted by molar-refractivity contribution is 5.86.